The Bertz CT molecular complexity index is 1730. The third-order valence-corrected chi connectivity index (χ3v) is 7.32. The van der Waals surface area contributed by atoms with Gasteiger partial charge in [-0.15, -0.1) is 0 Å². The van der Waals surface area contributed by atoms with Crippen molar-refractivity contribution in [2.45, 2.75) is 32.4 Å². The molecule has 3 heterocycles. The molecule has 216 valence electrons. The van der Waals surface area contributed by atoms with Crippen LogP contribution in [0.4, 0.5) is 14.6 Å². The zero-order chi connectivity index (χ0) is 29.6. The Labute approximate surface area is 242 Å². The van der Waals surface area contributed by atoms with Crippen molar-refractivity contribution in [3.8, 4) is 11.8 Å². The highest BCUT2D eigenvalue weighted by molar-refractivity contribution is 5.93. The highest BCUT2D eigenvalue weighted by atomic mass is 19.2. The normalized spacial score (nSPS) is 17.0. The summed E-state index contributed by atoms with van der Waals surface area (Å²) >= 11 is 0. The third kappa shape index (κ3) is 6.78. The summed E-state index contributed by atoms with van der Waals surface area (Å²) in [6.07, 6.45) is 5.39. The molecule has 9 nitrogen and oxygen atoms in total. The molecule has 2 aromatic carbocycles. The first kappa shape index (κ1) is 28.8. The second kappa shape index (κ2) is 12.9. The number of hydrogen-bond acceptors (Lipinski definition) is 7. The Balaban J connectivity index is 1.20. The summed E-state index contributed by atoms with van der Waals surface area (Å²) in [5, 5.41) is 7.20. The van der Waals surface area contributed by atoms with E-state index in [1.165, 1.54) is 23.2 Å². The predicted octanol–water partition coefficient (Wildman–Crippen LogP) is 3.44. The van der Waals surface area contributed by atoms with Crippen LogP contribution in [0, 0.1) is 29.4 Å². The molecule has 0 spiro atoms. The first-order valence-corrected chi connectivity index (χ1v) is 13.7. The van der Waals surface area contributed by atoms with Gasteiger partial charge in [0.25, 0.3) is 11.5 Å². The number of halogens is 2. The van der Waals surface area contributed by atoms with E-state index < -0.39 is 23.1 Å². The van der Waals surface area contributed by atoms with E-state index in [4.69, 9.17) is 0 Å². The molecule has 2 N–H and O–H groups in total. The van der Waals surface area contributed by atoms with Crippen LogP contribution in [0.3, 0.4) is 0 Å². The van der Waals surface area contributed by atoms with Gasteiger partial charge in [-0.25, -0.2) is 23.7 Å². The predicted molar refractivity (Wildman–Crippen MR) is 156 cm³/mol. The molecule has 42 heavy (non-hydrogen) atoms. The second-order valence-corrected chi connectivity index (χ2v) is 10.5. The van der Waals surface area contributed by atoms with E-state index in [-0.39, 0.29) is 18.7 Å². The van der Waals surface area contributed by atoms with Gasteiger partial charge >= 0.3 is 0 Å². The van der Waals surface area contributed by atoms with E-state index in [9.17, 15) is 18.4 Å². The molecule has 5 rings (SSSR count). The quantitative estimate of drug-likeness (QED) is 0.259. The van der Waals surface area contributed by atoms with E-state index in [1.807, 2.05) is 18.2 Å². The first-order valence-electron chi connectivity index (χ1n) is 13.7. The Hall–Kier alpha value is -4.69. The second-order valence-electron chi connectivity index (χ2n) is 10.5. The van der Waals surface area contributed by atoms with Crippen molar-refractivity contribution in [3.63, 3.8) is 0 Å². The van der Waals surface area contributed by atoms with Gasteiger partial charge in [-0.2, -0.15) is 0 Å². The van der Waals surface area contributed by atoms with Crippen molar-refractivity contribution in [1.29, 1.82) is 0 Å². The Morgan fingerprint density at radius 3 is 2.81 bits per heavy atom. The fraction of sp³-hybridized carbons (Fsp3) is 0.323. The number of fused-ring (bicyclic) bond motifs is 1. The SMILES string of the molecule is CC1CN(C)CCC1Nc1ncnc2ccc(C#CCCNC(=O)c3cncn(Cc4ccc(F)c(F)c4)c3=O)cc12. The number of rotatable bonds is 7. The lowest BCUT2D eigenvalue weighted by Crippen LogP contribution is -2.43. The summed E-state index contributed by atoms with van der Waals surface area (Å²) in [6.45, 7) is 4.47. The summed E-state index contributed by atoms with van der Waals surface area (Å²) in [6, 6.07) is 9.46. The van der Waals surface area contributed by atoms with Crippen LogP contribution in [0.1, 0.15) is 41.3 Å². The lowest BCUT2D eigenvalue weighted by Gasteiger charge is -2.35. The summed E-state index contributed by atoms with van der Waals surface area (Å²) in [5.41, 5.74) is 1.26. The molecule has 1 aliphatic heterocycles. The van der Waals surface area contributed by atoms with Crippen LogP contribution in [-0.4, -0.2) is 63.0 Å². The molecule has 0 radical (unpaired) electrons. The number of hydrogen-bond donors (Lipinski definition) is 2. The van der Waals surface area contributed by atoms with E-state index in [1.54, 1.807) is 6.33 Å². The maximum atomic E-state index is 13.5. The van der Waals surface area contributed by atoms with Crippen LogP contribution in [0.25, 0.3) is 10.9 Å². The Kier molecular flexibility index (Phi) is 8.83. The molecule has 0 aliphatic carbocycles. The minimum Gasteiger partial charge on any atom is -0.366 e. The van der Waals surface area contributed by atoms with E-state index in [0.29, 0.717) is 23.9 Å². The van der Waals surface area contributed by atoms with Gasteiger partial charge in [0.05, 0.1) is 18.4 Å². The number of piperidine rings is 1. The smallest absolute Gasteiger partial charge is 0.266 e. The van der Waals surface area contributed by atoms with Crippen LogP contribution in [-0.2, 0) is 6.54 Å². The van der Waals surface area contributed by atoms with E-state index >= 15 is 0 Å². The highest BCUT2D eigenvalue weighted by Gasteiger charge is 2.24. The molecule has 1 aliphatic rings. The molecule has 2 atom stereocenters. The number of carbonyl (C=O) groups is 1. The fourth-order valence-corrected chi connectivity index (χ4v) is 5.05. The zero-order valence-electron chi connectivity index (χ0n) is 23.4. The fourth-order valence-electron chi connectivity index (χ4n) is 5.05. The molecule has 2 aromatic heterocycles. The lowest BCUT2D eigenvalue weighted by molar-refractivity contribution is 0.0952. The van der Waals surface area contributed by atoms with Crippen LogP contribution in [0.5, 0.6) is 0 Å². The number of nitrogens with one attached hydrogen (secondary N) is 2. The van der Waals surface area contributed by atoms with Gasteiger partial charge in [0, 0.05) is 42.7 Å². The highest BCUT2D eigenvalue weighted by Crippen LogP contribution is 2.25. The number of nitrogens with zero attached hydrogens (tertiary/aromatic N) is 5. The molecule has 1 amide bonds. The maximum absolute atomic E-state index is 13.5. The average molecular weight is 572 g/mol. The topological polar surface area (TPSA) is 105 Å². The Morgan fingerprint density at radius 1 is 1.14 bits per heavy atom. The molecule has 2 unspecified atom stereocenters. The average Bonchev–Trinajstić information content (AvgIpc) is 2.97. The van der Waals surface area contributed by atoms with Crippen molar-refractivity contribution in [1.82, 2.24) is 29.7 Å². The zero-order valence-corrected chi connectivity index (χ0v) is 23.4. The van der Waals surface area contributed by atoms with Crippen molar-refractivity contribution in [2.24, 2.45) is 5.92 Å². The van der Waals surface area contributed by atoms with Crippen LogP contribution in [0.15, 0.2) is 60.0 Å². The van der Waals surface area contributed by atoms with Crippen molar-refractivity contribution >= 4 is 22.6 Å². The minimum atomic E-state index is -1.01. The van der Waals surface area contributed by atoms with Crippen molar-refractivity contribution in [2.75, 3.05) is 32.0 Å². The lowest BCUT2D eigenvalue weighted by atomic mass is 9.94. The molecule has 1 fully saturated rings. The summed E-state index contributed by atoms with van der Waals surface area (Å²) in [4.78, 5) is 40.6. The first-order chi connectivity index (χ1) is 20.3. The van der Waals surface area contributed by atoms with Gasteiger partial charge < -0.3 is 15.5 Å². The van der Waals surface area contributed by atoms with Gasteiger partial charge in [0.2, 0.25) is 0 Å². The molecular weight excluding hydrogens is 540 g/mol. The molecule has 0 saturated carbocycles. The largest absolute Gasteiger partial charge is 0.366 e. The maximum Gasteiger partial charge on any atom is 0.266 e. The number of likely N-dealkylation sites (tertiary alicyclic amines) is 1. The third-order valence-electron chi connectivity index (χ3n) is 7.32. The van der Waals surface area contributed by atoms with Gasteiger partial charge in [-0.3, -0.25) is 14.2 Å². The van der Waals surface area contributed by atoms with Crippen molar-refractivity contribution in [3.05, 3.63) is 93.9 Å². The standard InChI is InChI=1S/C31H31F2N7O2/c1-20-16-39(2)12-10-27(20)38-29-23-13-21(7-9-28(23)36-18-37-29)5-3-4-11-35-30(41)24-15-34-19-40(31(24)42)17-22-6-8-25(32)26(33)14-22/h6-9,13-15,18-20,27H,4,10-12,16-17H2,1-2H3,(H,35,41)(H,36,37,38). The van der Waals surface area contributed by atoms with Gasteiger partial charge in [0.1, 0.15) is 17.7 Å². The van der Waals surface area contributed by atoms with Crippen LogP contribution < -0.4 is 16.2 Å². The molecule has 0 bridgehead atoms. The van der Waals surface area contributed by atoms with E-state index in [0.717, 1.165) is 53.9 Å². The van der Waals surface area contributed by atoms with Crippen molar-refractivity contribution < 1.29 is 13.6 Å². The molecular formula is C31H31F2N7O2. The van der Waals surface area contributed by atoms with Gasteiger partial charge in [0.15, 0.2) is 11.6 Å². The summed E-state index contributed by atoms with van der Waals surface area (Å²) < 4.78 is 27.9. The number of anilines is 1. The summed E-state index contributed by atoms with van der Waals surface area (Å²) in [5.74, 6) is 4.89. The minimum absolute atomic E-state index is 0.0549. The van der Waals surface area contributed by atoms with Gasteiger partial charge in [-0.1, -0.05) is 24.8 Å². The van der Waals surface area contributed by atoms with E-state index in [2.05, 4.69) is 56.3 Å². The summed E-state index contributed by atoms with van der Waals surface area (Å²) in [7, 11) is 2.14. The number of amides is 1. The van der Waals surface area contributed by atoms with Gasteiger partial charge in [-0.05, 0) is 61.8 Å². The monoisotopic (exact) mass is 571 g/mol. The van der Waals surface area contributed by atoms with Crippen LogP contribution >= 0.6 is 0 Å². The molecule has 11 heteroatoms. The number of benzene rings is 2. The van der Waals surface area contributed by atoms with Crippen LogP contribution in [0.2, 0.25) is 0 Å². The molecule has 4 aromatic rings. The Morgan fingerprint density at radius 2 is 2.00 bits per heavy atom. The molecule has 1 saturated heterocycles. The number of aromatic nitrogens is 4. The number of carbonyl (C=O) groups excluding carboxylic acids is 1.